The first-order valence-electron chi connectivity index (χ1n) is 4.16. The number of hydrogen-bond donors (Lipinski definition) is 2. The number of aliphatic hydroxyl groups excluding tert-OH is 1. The molecule has 0 aromatic heterocycles. The molecule has 2 fully saturated rings. The van der Waals surface area contributed by atoms with Gasteiger partial charge in [0.1, 0.15) is 0 Å². The maximum absolute atomic E-state index is 9.48. The molecule has 0 aromatic rings. The fourth-order valence-electron chi connectivity index (χ4n) is 2.65. The summed E-state index contributed by atoms with van der Waals surface area (Å²) < 4.78 is 0. The topological polar surface area (TPSA) is 32.3 Å². The molecule has 0 radical (unpaired) electrons. The lowest BCUT2D eigenvalue weighted by Crippen LogP contribution is -2.37. The molecule has 58 valence electrons. The van der Waals surface area contributed by atoms with Crippen molar-refractivity contribution in [3.63, 3.8) is 0 Å². The molecule has 0 spiro atoms. The van der Waals surface area contributed by atoms with Gasteiger partial charge in [-0.3, -0.25) is 0 Å². The van der Waals surface area contributed by atoms with Crippen molar-refractivity contribution in [2.24, 2.45) is 11.8 Å². The van der Waals surface area contributed by atoms with Crippen LogP contribution < -0.4 is 5.32 Å². The quantitative estimate of drug-likeness (QED) is 0.553. The van der Waals surface area contributed by atoms with E-state index in [4.69, 9.17) is 0 Å². The Morgan fingerprint density at radius 3 is 2.50 bits per heavy atom. The number of rotatable bonds is 1. The van der Waals surface area contributed by atoms with E-state index in [1.165, 1.54) is 12.8 Å². The Hall–Kier alpha value is -0.0800. The summed E-state index contributed by atoms with van der Waals surface area (Å²) in [4.78, 5) is 0. The molecule has 2 heteroatoms. The highest BCUT2D eigenvalue weighted by atomic mass is 16.3. The molecule has 2 N–H and O–H groups in total. The molecule has 10 heavy (non-hydrogen) atoms. The summed E-state index contributed by atoms with van der Waals surface area (Å²) in [6.07, 6.45) is 3.60. The standard InChI is InChI=1S/C8H15NO/c1-9-7-3-5-2-6(7)8(10)4-5/h5-10H,2-4H2,1H3. The first-order chi connectivity index (χ1) is 4.81. The van der Waals surface area contributed by atoms with Gasteiger partial charge in [-0.2, -0.15) is 0 Å². The molecule has 0 aliphatic heterocycles. The molecule has 2 aliphatic carbocycles. The predicted octanol–water partition coefficient (Wildman–Crippen LogP) is 0.365. The van der Waals surface area contributed by atoms with E-state index in [0.29, 0.717) is 12.0 Å². The Kier molecular flexibility index (Phi) is 1.46. The third-order valence-electron chi connectivity index (χ3n) is 3.15. The second-order valence-corrected chi connectivity index (χ2v) is 3.70. The van der Waals surface area contributed by atoms with Crippen molar-refractivity contribution >= 4 is 0 Å². The highest BCUT2D eigenvalue weighted by Crippen LogP contribution is 2.44. The predicted molar refractivity (Wildman–Crippen MR) is 39.7 cm³/mol. The summed E-state index contributed by atoms with van der Waals surface area (Å²) in [5.74, 6) is 1.38. The monoisotopic (exact) mass is 141 g/mol. The van der Waals surface area contributed by atoms with Crippen LogP contribution in [-0.2, 0) is 0 Å². The van der Waals surface area contributed by atoms with Crippen LogP contribution in [0.4, 0.5) is 0 Å². The maximum atomic E-state index is 9.48. The van der Waals surface area contributed by atoms with Gasteiger partial charge in [0.2, 0.25) is 0 Å². The number of hydrogen-bond acceptors (Lipinski definition) is 2. The molecule has 0 aromatic carbocycles. The smallest absolute Gasteiger partial charge is 0.0586 e. The first kappa shape index (κ1) is 6.62. The molecular weight excluding hydrogens is 126 g/mol. The third-order valence-corrected chi connectivity index (χ3v) is 3.15. The van der Waals surface area contributed by atoms with Crippen LogP contribution in [-0.4, -0.2) is 24.3 Å². The first-order valence-corrected chi connectivity index (χ1v) is 4.16. The van der Waals surface area contributed by atoms with Gasteiger partial charge in [-0.15, -0.1) is 0 Å². The highest BCUT2D eigenvalue weighted by Gasteiger charge is 2.44. The van der Waals surface area contributed by atoms with Crippen molar-refractivity contribution in [2.45, 2.75) is 31.4 Å². The lowest BCUT2D eigenvalue weighted by Gasteiger charge is -2.25. The van der Waals surface area contributed by atoms with Crippen molar-refractivity contribution in [2.75, 3.05) is 7.05 Å². The van der Waals surface area contributed by atoms with Crippen LogP contribution in [0.1, 0.15) is 19.3 Å². The Labute approximate surface area is 61.6 Å². The lowest BCUT2D eigenvalue weighted by molar-refractivity contribution is 0.0954. The van der Waals surface area contributed by atoms with Crippen LogP contribution in [0, 0.1) is 11.8 Å². The fraction of sp³-hybridized carbons (Fsp3) is 1.00. The lowest BCUT2D eigenvalue weighted by atomic mass is 9.93. The summed E-state index contributed by atoms with van der Waals surface area (Å²) in [7, 11) is 2.00. The van der Waals surface area contributed by atoms with Gasteiger partial charge in [0.15, 0.2) is 0 Å². The number of aliphatic hydroxyl groups is 1. The van der Waals surface area contributed by atoms with Crippen molar-refractivity contribution in [1.29, 1.82) is 0 Å². The van der Waals surface area contributed by atoms with Gasteiger partial charge >= 0.3 is 0 Å². The van der Waals surface area contributed by atoms with Crippen LogP contribution >= 0.6 is 0 Å². The summed E-state index contributed by atoms with van der Waals surface area (Å²) >= 11 is 0. The zero-order valence-corrected chi connectivity index (χ0v) is 6.38. The Balaban J connectivity index is 2.06. The molecule has 4 atom stereocenters. The minimum Gasteiger partial charge on any atom is -0.393 e. The van der Waals surface area contributed by atoms with E-state index in [2.05, 4.69) is 5.32 Å². The van der Waals surface area contributed by atoms with Gasteiger partial charge in [-0.25, -0.2) is 0 Å². The van der Waals surface area contributed by atoms with Gasteiger partial charge in [0.25, 0.3) is 0 Å². The van der Waals surface area contributed by atoms with Gasteiger partial charge in [-0.1, -0.05) is 0 Å². The maximum Gasteiger partial charge on any atom is 0.0586 e. The number of fused-ring (bicyclic) bond motifs is 2. The minimum absolute atomic E-state index is 0.00352. The van der Waals surface area contributed by atoms with E-state index in [1.807, 2.05) is 7.05 Å². The average molecular weight is 141 g/mol. The number of nitrogens with one attached hydrogen (secondary N) is 1. The molecule has 2 nitrogen and oxygen atoms in total. The van der Waals surface area contributed by atoms with Gasteiger partial charge < -0.3 is 10.4 Å². The molecule has 0 heterocycles. The second-order valence-electron chi connectivity index (χ2n) is 3.70. The normalized spacial score (nSPS) is 52.2. The fourth-order valence-corrected chi connectivity index (χ4v) is 2.65. The Morgan fingerprint density at radius 2 is 2.10 bits per heavy atom. The SMILES string of the molecule is CNC1CC2CC(O)C1C2. The Morgan fingerprint density at radius 1 is 1.30 bits per heavy atom. The summed E-state index contributed by atoms with van der Waals surface area (Å²) in [5.41, 5.74) is 0. The van der Waals surface area contributed by atoms with Gasteiger partial charge in [0, 0.05) is 12.0 Å². The third kappa shape index (κ3) is 0.789. The highest BCUT2D eigenvalue weighted by molar-refractivity contribution is 4.98. The zero-order chi connectivity index (χ0) is 7.14. The van der Waals surface area contributed by atoms with Crippen LogP contribution in [0.5, 0.6) is 0 Å². The molecule has 2 aliphatic rings. The molecule has 4 unspecified atom stereocenters. The summed E-state index contributed by atoms with van der Waals surface area (Å²) in [6.45, 7) is 0. The molecule has 0 saturated heterocycles. The van der Waals surface area contributed by atoms with Crippen molar-refractivity contribution < 1.29 is 5.11 Å². The van der Waals surface area contributed by atoms with E-state index in [9.17, 15) is 5.11 Å². The van der Waals surface area contributed by atoms with Crippen LogP contribution in [0.3, 0.4) is 0 Å². The summed E-state index contributed by atoms with van der Waals surface area (Å²) in [5, 5.41) is 12.7. The molecule has 2 rings (SSSR count). The molecule has 2 bridgehead atoms. The molecule has 0 amide bonds. The van der Waals surface area contributed by atoms with E-state index in [0.717, 1.165) is 12.3 Å². The Bertz CT molecular complexity index is 135. The second kappa shape index (κ2) is 2.21. The van der Waals surface area contributed by atoms with Crippen molar-refractivity contribution in [1.82, 2.24) is 5.32 Å². The van der Waals surface area contributed by atoms with E-state index < -0.39 is 0 Å². The van der Waals surface area contributed by atoms with E-state index >= 15 is 0 Å². The van der Waals surface area contributed by atoms with Crippen LogP contribution in [0.15, 0.2) is 0 Å². The van der Waals surface area contributed by atoms with Crippen molar-refractivity contribution in [3.05, 3.63) is 0 Å². The van der Waals surface area contributed by atoms with E-state index in [1.54, 1.807) is 0 Å². The minimum atomic E-state index is -0.00352. The van der Waals surface area contributed by atoms with Crippen molar-refractivity contribution in [3.8, 4) is 0 Å². The van der Waals surface area contributed by atoms with Crippen LogP contribution in [0.2, 0.25) is 0 Å². The summed E-state index contributed by atoms with van der Waals surface area (Å²) in [6, 6.07) is 0.605. The zero-order valence-electron chi connectivity index (χ0n) is 6.38. The molecular formula is C8H15NO. The molecule has 2 saturated carbocycles. The van der Waals surface area contributed by atoms with Gasteiger partial charge in [0.05, 0.1) is 6.10 Å². The van der Waals surface area contributed by atoms with E-state index in [-0.39, 0.29) is 6.10 Å². The average Bonchev–Trinajstić information content (AvgIpc) is 2.44. The largest absolute Gasteiger partial charge is 0.393 e. The van der Waals surface area contributed by atoms with Gasteiger partial charge in [-0.05, 0) is 32.2 Å². The van der Waals surface area contributed by atoms with Crippen LogP contribution in [0.25, 0.3) is 0 Å².